The van der Waals surface area contributed by atoms with Gasteiger partial charge in [0.2, 0.25) is 5.28 Å². The van der Waals surface area contributed by atoms with E-state index in [1.165, 1.54) is 30.1 Å². The smallest absolute Gasteiger partial charge is 0.258 e. The summed E-state index contributed by atoms with van der Waals surface area (Å²) in [6, 6.07) is 8.02. The van der Waals surface area contributed by atoms with Crippen molar-refractivity contribution in [1.82, 2.24) is 9.97 Å². The van der Waals surface area contributed by atoms with Crippen LogP contribution in [0.3, 0.4) is 0 Å². The first kappa shape index (κ1) is 11.8. The lowest BCUT2D eigenvalue weighted by Crippen LogP contribution is -1.88. The maximum atomic E-state index is 10.6. The second kappa shape index (κ2) is 5.11. The van der Waals surface area contributed by atoms with E-state index in [0.717, 1.165) is 4.90 Å². The third kappa shape index (κ3) is 3.15. The van der Waals surface area contributed by atoms with Gasteiger partial charge in [-0.25, -0.2) is 9.97 Å². The first-order valence-corrected chi connectivity index (χ1v) is 5.75. The van der Waals surface area contributed by atoms with E-state index >= 15 is 0 Å². The largest absolute Gasteiger partial charge is 0.270 e. The van der Waals surface area contributed by atoms with Crippen LogP contribution in [0.15, 0.2) is 46.5 Å². The van der Waals surface area contributed by atoms with Crippen molar-refractivity contribution in [3.8, 4) is 0 Å². The third-order valence-corrected chi connectivity index (χ3v) is 2.96. The van der Waals surface area contributed by atoms with Crippen LogP contribution in [0, 0.1) is 10.1 Å². The molecule has 0 amide bonds. The van der Waals surface area contributed by atoms with Crippen LogP contribution < -0.4 is 0 Å². The molecule has 0 unspecified atom stereocenters. The summed E-state index contributed by atoms with van der Waals surface area (Å²) in [7, 11) is 0. The Balaban J connectivity index is 2.24. The number of hydrogen-bond donors (Lipinski definition) is 0. The number of non-ortho nitro benzene ring substituents is 1. The molecule has 1 aromatic heterocycles. The summed E-state index contributed by atoms with van der Waals surface area (Å²) >= 11 is 6.94. The van der Waals surface area contributed by atoms with Crippen molar-refractivity contribution in [2.75, 3.05) is 0 Å². The molecular formula is C10H6ClN3O2S. The van der Waals surface area contributed by atoms with Crippen LogP contribution >= 0.6 is 23.4 Å². The highest BCUT2D eigenvalue weighted by Crippen LogP contribution is 2.28. The molecule has 0 aliphatic rings. The molecular weight excluding hydrogens is 262 g/mol. The first-order chi connectivity index (χ1) is 8.15. The molecule has 1 aromatic carbocycles. The Hall–Kier alpha value is -1.66. The van der Waals surface area contributed by atoms with Gasteiger partial charge in [0.05, 0.1) is 4.92 Å². The summed E-state index contributed by atoms with van der Waals surface area (Å²) in [5, 5.41) is 11.4. The fourth-order valence-corrected chi connectivity index (χ4v) is 2.18. The maximum Gasteiger partial charge on any atom is 0.270 e. The molecule has 7 heteroatoms. The van der Waals surface area contributed by atoms with Gasteiger partial charge in [0.25, 0.3) is 5.69 Å². The molecule has 0 saturated heterocycles. The Kier molecular flexibility index (Phi) is 3.55. The highest BCUT2D eigenvalue weighted by Gasteiger charge is 2.07. The molecule has 0 fully saturated rings. The minimum atomic E-state index is -0.434. The van der Waals surface area contributed by atoms with Crippen molar-refractivity contribution in [2.45, 2.75) is 9.92 Å². The number of aromatic nitrogens is 2. The van der Waals surface area contributed by atoms with Gasteiger partial charge in [-0.2, -0.15) is 0 Å². The fourth-order valence-electron chi connectivity index (χ4n) is 1.16. The zero-order valence-corrected chi connectivity index (χ0v) is 9.98. The van der Waals surface area contributed by atoms with Crippen molar-refractivity contribution >= 4 is 29.1 Å². The summed E-state index contributed by atoms with van der Waals surface area (Å²) in [4.78, 5) is 18.7. The zero-order chi connectivity index (χ0) is 12.3. The molecule has 0 saturated carbocycles. The van der Waals surface area contributed by atoms with Crippen LogP contribution in [0.4, 0.5) is 5.69 Å². The van der Waals surface area contributed by atoms with Crippen molar-refractivity contribution in [3.05, 3.63) is 51.9 Å². The van der Waals surface area contributed by atoms with Crippen LogP contribution in [0.5, 0.6) is 0 Å². The van der Waals surface area contributed by atoms with Gasteiger partial charge < -0.3 is 0 Å². The molecule has 0 aliphatic carbocycles. The zero-order valence-electron chi connectivity index (χ0n) is 8.41. The average molecular weight is 268 g/mol. The second-order valence-electron chi connectivity index (χ2n) is 3.02. The third-order valence-electron chi connectivity index (χ3n) is 1.85. The normalized spacial score (nSPS) is 10.2. The van der Waals surface area contributed by atoms with Crippen LogP contribution in [0.1, 0.15) is 0 Å². The minimum absolute atomic E-state index is 0.0511. The van der Waals surface area contributed by atoms with Crippen molar-refractivity contribution in [3.63, 3.8) is 0 Å². The number of rotatable bonds is 3. The summed E-state index contributed by atoms with van der Waals surface area (Å²) in [6.07, 6.45) is 1.54. The minimum Gasteiger partial charge on any atom is -0.258 e. The van der Waals surface area contributed by atoms with Gasteiger partial charge in [-0.05, 0) is 23.7 Å². The van der Waals surface area contributed by atoms with Crippen molar-refractivity contribution in [1.29, 1.82) is 0 Å². The molecule has 2 aromatic rings. The molecule has 17 heavy (non-hydrogen) atoms. The van der Waals surface area contributed by atoms with E-state index in [-0.39, 0.29) is 11.0 Å². The van der Waals surface area contributed by atoms with E-state index in [2.05, 4.69) is 9.97 Å². The Morgan fingerprint density at radius 2 is 2.18 bits per heavy atom. The van der Waals surface area contributed by atoms with Gasteiger partial charge in [-0.15, -0.1) is 0 Å². The van der Waals surface area contributed by atoms with E-state index in [0.29, 0.717) is 5.03 Å². The van der Waals surface area contributed by atoms with E-state index < -0.39 is 4.92 Å². The SMILES string of the molecule is O=[N+]([O-])c1cccc(Sc2ccnc(Cl)n2)c1. The molecule has 0 spiro atoms. The van der Waals surface area contributed by atoms with Gasteiger partial charge in [0, 0.05) is 23.2 Å². The predicted octanol–water partition coefficient (Wildman–Crippen LogP) is 3.19. The lowest BCUT2D eigenvalue weighted by molar-refractivity contribution is -0.385. The molecule has 0 radical (unpaired) electrons. The lowest BCUT2D eigenvalue weighted by Gasteiger charge is -2.00. The summed E-state index contributed by atoms with van der Waals surface area (Å²) < 4.78 is 0. The molecule has 0 bridgehead atoms. The van der Waals surface area contributed by atoms with Gasteiger partial charge in [-0.3, -0.25) is 10.1 Å². The first-order valence-electron chi connectivity index (χ1n) is 4.56. The van der Waals surface area contributed by atoms with Crippen molar-refractivity contribution in [2.24, 2.45) is 0 Å². The maximum absolute atomic E-state index is 10.6. The van der Waals surface area contributed by atoms with Gasteiger partial charge in [0.1, 0.15) is 5.03 Å². The number of nitro benzene ring substituents is 1. The molecule has 0 N–H and O–H groups in total. The van der Waals surface area contributed by atoms with Crippen LogP contribution in [-0.4, -0.2) is 14.9 Å². The van der Waals surface area contributed by atoms with Crippen LogP contribution in [-0.2, 0) is 0 Å². The predicted molar refractivity (Wildman–Crippen MR) is 64.3 cm³/mol. The van der Waals surface area contributed by atoms with E-state index in [4.69, 9.17) is 11.6 Å². The van der Waals surface area contributed by atoms with E-state index in [1.807, 2.05) is 0 Å². The molecule has 0 aliphatic heterocycles. The Labute approximate surface area is 106 Å². The standard InChI is InChI=1S/C10H6ClN3O2S/c11-10-12-5-4-9(13-10)17-8-3-1-2-7(6-8)14(15)16/h1-6H. The summed E-state index contributed by atoms with van der Waals surface area (Å²) in [5.41, 5.74) is 0.0511. The molecule has 1 heterocycles. The highest BCUT2D eigenvalue weighted by atomic mass is 35.5. The van der Waals surface area contributed by atoms with Gasteiger partial charge in [-0.1, -0.05) is 17.8 Å². The molecule has 86 valence electrons. The Bertz CT molecular complexity index is 565. The van der Waals surface area contributed by atoms with Crippen LogP contribution in [0.2, 0.25) is 5.28 Å². The fraction of sp³-hybridized carbons (Fsp3) is 0. The Morgan fingerprint density at radius 1 is 1.35 bits per heavy atom. The number of hydrogen-bond acceptors (Lipinski definition) is 5. The molecule has 2 rings (SSSR count). The molecule has 0 atom stereocenters. The van der Waals surface area contributed by atoms with E-state index in [9.17, 15) is 10.1 Å². The number of nitrogens with zero attached hydrogens (tertiary/aromatic N) is 3. The van der Waals surface area contributed by atoms with E-state index in [1.54, 1.807) is 18.2 Å². The number of halogens is 1. The monoisotopic (exact) mass is 267 g/mol. The summed E-state index contributed by atoms with van der Waals surface area (Å²) in [6.45, 7) is 0. The topological polar surface area (TPSA) is 68.9 Å². The molecule has 5 nitrogen and oxygen atoms in total. The number of benzene rings is 1. The van der Waals surface area contributed by atoms with Crippen LogP contribution in [0.25, 0.3) is 0 Å². The van der Waals surface area contributed by atoms with Gasteiger partial charge in [0.15, 0.2) is 0 Å². The lowest BCUT2D eigenvalue weighted by atomic mass is 10.3. The number of nitro groups is 1. The summed E-state index contributed by atoms with van der Waals surface area (Å²) in [5.74, 6) is 0. The van der Waals surface area contributed by atoms with Gasteiger partial charge >= 0.3 is 0 Å². The van der Waals surface area contributed by atoms with Crippen molar-refractivity contribution < 1.29 is 4.92 Å². The second-order valence-corrected chi connectivity index (χ2v) is 4.45. The highest BCUT2D eigenvalue weighted by molar-refractivity contribution is 7.99. The Morgan fingerprint density at radius 3 is 2.88 bits per heavy atom. The quantitative estimate of drug-likeness (QED) is 0.370. The average Bonchev–Trinajstić information content (AvgIpc) is 2.29.